The third-order valence-electron chi connectivity index (χ3n) is 3.26. The van der Waals surface area contributed by atoms with Crippen molar-refractivity contribution < 1.29 is 4.92 Å². The molecule has 0 aliphatic rings. The molecule has 0 atom stereocenters. The molecule has 0 saturated carbocycles. The van der Waals surface area contributed by atoms with Crippen LogP contribution in [0.1, 0.15) is 5.56 Å². The van der Waals surface area contributed by atoms with E-state index in [1.165, 1.54) is 6.07 Å². The van der Waals surface area contributed by atoms with Crippen LogP contribution in [0.25, 0.3) is 22.4 Å². The second kappa shape index (κ2) is 4.34. The van der Waals surface area contributed by atoms with Gasteiger partial charge in [-0.1, -0.05) is 0 Å². The predicted molar refractivity (Wildman–Crippen MR) is 77.3 cm³/mol. The molecule has 1 heterocycles. The first kappa shape index (κ1) is 12.2. The van der Waals surface area contributed by atoms with E-state index in [1.807, 2.05) is 12.1 Å². The Hall–Kier alpha value is -2.89. The standard InChI is InChI=1S/C14H12N4O2/c1-8-12(18(19)20)7-6-11-13(8)17-14(16-11)9-2-4-10(15)5-3-9/h2-7H,15H2,1H3,(H,16,17). The van der Waals surface area contributed by atoms with Crippen molar-refractivity contribution in [2.45, 2.75) is 6.92 Å². The molecule has 20 heavy (non-hydrogen) atoms. The van der Waals surface area contributed by atoms with Crippen molar-refractivity contribution in [3.05, 3.63) is 52.1 Å². The predicted octanol–water partition coefficient (Wildman–Crippen LogP) is 3.03. The molecule has 0 spiro atoms. The Morgan fingerprint density at radius 1 is 1.20 bits per heavy atom. The number of nitrogens with one attached hydrogen (secondary N) is 1. The van der Waals surface area contributed by atoms with Crippen LogP contribution in [0.3, 0.4) is 0 Å². The van der Waals surface area contributed by atoms with Gasteiger partial charge in [0.25, 0.3) is 5.69 Å². The Kier molecular flexibility index (Phi) is 2.64. The van der Waals surface area contributed by atoms with Crippen LogP contribution < -0.4 is 5.73 Å². The normalized spacial score (nSPS) is 10.8. The molecule has 0 bridgehead atoms. The topological polar surface area (TPSA) is 97.8 Å². The molecule has 0 saturated heterocycles. The van der Waals surface area contributed by atoms with Crippen molar-refractivity contribution in [1.29, 1.82) is 0 Å². The number of hydrogen-bond donors (Lipinski definition) is 2. The molecular weight excluding hydrogens is 256 g/mol. The monoisotopic (exact) mass is 268 g/mol. The molecule has 1 aromatic heterocycles. The summed E-state index contributed by atoms with van der Waals surface area (Å²) in [6.07, 6.45) is 0. The van der Waals surface area contributed by atoms with Gasteiger partial charge in [0.1, 0.15) is 5.82 Å². The molecule has 3 aromatic rings. The largest absolute Gasteiger partial charge is 0.399 e. The molecule has 0 aliphatic heterocycles. The molecule has 3 rings (SSSR count). The lowest BCUT2D eigenvalue weighted by atomic mass is 10.1. The summed E-state index contributed by atoms with van der Waals surface area (Å²) in [5, 5.41) is 10.9. The van der Waals surface area contributed by atoms with Gasteiger partial charge in [-0.2, -0.15) is 0 Å². The van der Waals surface area contributed by atoms with Gasteiger partial charge < -0.3 is 10.7 Å². The molecule has 0 unspecified atom stereocenters. The van der Waals surface area contributed by atoms with Crippen molar-refractivity contribution in [2.24, 2.45) is 0 Å². The van der Waals surface area contributed by atoms with Crippen LogP contribution in [0, 0.1) is 17.0 Å². The second-order valence-electron chi connectivity index (χ2n) is 4.57. The summed E-state index contributed by atoms with van der Waals surface area (Å²) in [4.78, 5) is 18.2. The Labute approximate surface area is 114 Å². The van der Waals surface area contributed by atoms with Crippen LogP contribution in [-0.2, 0) is 0 Å². The van der Waals surface area contributed by atoms with Crippen molar-refractivity contribution in [3.8, 4) is 11.4 Å². The maximum Gasteiger partial charge on any atom is 0.274 e. The molecular formula is C14H12N4O2. The number of fused-ring (bicyclic) bond motifs is 1. The third-order valence-corrected chi connectivity index (χ3v) is 3.26. The molecule has 100 valence electrons. The van der Waals surface area contributed by atoms with Gasteiger partial charge in [-0.25, -0.2) is 4.98 Å². The van der Waals surface area contributed by atoms with Crippen LogP contribution in [-0.4, -0.2) is 14.9 Å². The van der Waals surface area contributed by atoms with Gasteiger partial charge >= 0.3 is 0 Å². The lowest BCUT2D eigenvalue weighted by Gasteiger charge is -1.96. The van der Waals surface area contributed by atoms with Crippen LogP contribution in [0.2, 0.25) is 0 Å². The number of imidazole rings is 1. The lowest BCUT2D eigenvalue weighted by molar-refractivity contribution is -0.385. The summed E-state index contributed by atoms with van der Waals surface area (Å²) < 4.78 is 0. The first-order valence-corrected chi connectivity index (χ1v) is 6.06. The van der Waals surface area contributed by atoms with Gasteiger partial charge in [-0.15, -0.1) is 0 Å². The maximum atomic E-state index is 10.9. The lowest BCUT2D eigenvalue weighted by Crippen LogP contribution is -1.91. The molecule has 6 heteroatoms. The van der Waals surface area contributed by atoms with E-state index in [0.29, 0.717) is 22.6 Å². The zero-order valence-corrected chi connectivity index (χ0v) is 10.8. The number of aryl methyl sites for hydroxylation is 1. The van der Waals surface area contributed by atoms with Crippen molar-refractivity contribution >= 4 is 22.4 Å². The number of anilines is 1. The van der Waals surface area contributed by atoms with Gasteiger partial charge in [0.05, 0.1) is 21.5 Å². The summed E-state index contributed by atoms with van der Waals surface area (Å²) in [6.45, 7) is 1.70. The van der Waals surface area contributed by atoms with Crippen molar-refractivity contribution in [3.63, 3.8) is 0 Å². The molecule has 0 radical (unpaired) electrons. The number of benzene rings is 2. The van der Waals surface area contributed by atoms with Crippen LogP contribution >= 0.6 is 0 Å². The highest BCUT2D eigenvalue weighted by molar-refractivity contribution is 5.85. The smallest absolute Gasteiger partial charge is 0.274 e. The highest BCUT2D eigenvalue weighted by atomic mass is 16.6. The van der Waals surface area contributed by atoms with E-state index in [0.717, 1.165) is 11.1 Å². The van der Waals surface area contributed by atoms with E-state index >= 15 is 0 Å². The Morgan fingerprint density at radius 2 is 1.90 bits per heavy atom. The fraction of sp³-hybridized carbons (Fsp3) is 0.0714. The number of nitrogen functional groups attached to an aromatic ring is 1. The molecule has 2 aromatic carbocycles. The number of nitrogens with zero attached hydrogens (tertiary/aromatic N) is 2. The fourth-order valence-corrected chi connectivity index (χ4v) is 2.18. The van der Waals surface area contributed by atoms with Gasteiger partial charge in [0.15, 0.2) is 0 Å². The molecule has 6 nitrogen and oxygen atoms in total. The maximum absolute atomic E-state index is 10.9. The Bertz CT molecular complexity index is 806. The number of H-pyrrole nitrogens is 1. The van der Waals surface area contributed by atoms with E-state index < -0.39 is 4.92 Å². The highest BCUT2D eigenvalue weighted by Crippen LogP contribution is 2.28. The van der Waals surface area contributed by atoms with Crippen LogP contribution in [0.15, 0.2) is 36.4 Å². The molecule has 3 N–H and O–H groups in total. The minimum Gasteiger partial charge on any atom is -0.399 e. The molecule has 0 fully saturated rings. The minimum absolute atomic E-state index is 0.0767. The van der Waals surface area contributed by atoms with E-state index in [1.54, 1.807) is 25.1 Å². The summed E-state index contributed by atoms with van der Waals surface area (Å²) in [7, 11) is 0. The number of aromatic amines is 1. The van der Waals surface area contributed by atoms with Gasteiger partial charge in [0, 0.05) is 17.3 Å². The number of nitrogens with two attached hydrogens (primary N) is 1. The van der Waals surface area contributed by atoms with E-state index in [4.69, 9.17) is 5.73 Å². The van der Waals surface area contributed by atoms with Gasteiger partial charge in [0.2, 0.25) is 0 Å². The number of nitro groups is 1. The summed E-state index contributed by atoms with van der Waals surface area (Å²) in [5.74, 6) is 0.670. The molecule has 0 aliphatic carbocycles. The third kappa shape index (κ3) is 1.87. The number of rotatable bonds is 2. The average Bonchev–Trinajstić information content (AvgIpc) is 2.84. The minimum atomic E-state index is -0.396. The number of aromatic nitrogens is 2. The van der Waals surface area contributed by atoms with E-state index in [9.17, 15) is 10.1 Å². The van der Waals surface area contributed by atoms with Crippen LogP contribution in [0.4, 0.5) is 11.4 Å². The van der Waals surface area contributed by atoms with Crippen molar-refractivity contribution in [2.75, 3.05) is 5.73 Å². The SMILES string of the molecule is Cc1c([N+](=O)[O-])ccc2[nH]c(-c3ccc(N)cc3)nc12. The summed E-state index contributed by atoms with van der Waals surface area (Å²) in [6, 6.07) is 10.5. The Balaban J connectivity index is 2.18. The van der Waals surface area contributed by atoms with Crippen LogP contribution in [0.5, 0.6) is 0 Å². The molecule has 0 amide bonds. The van der Waals surface area contributed by atoms with Crippen molar-refractivity contribution in [1.82, 2.24) is 9.97 Å². The summed E-state index contributed by atoms with van der Waals surface area (Å²) in [5.41, 5.74) is 9.25. The number of hydrogen-bond acceptors (Lipinski definition) is 4. The zero-order chi connectivity index (χ0) is 14.3. The summed E-state index contributed by atoms with van der Waals surface area (Å²) >= 11 is 0. The van der Waals surface area contributed by atoms with Gasteiger partial charge in [-0.05, 0) is 37.3 Å². The van der Waals surface area contributed by atoms with E-state index in [2.05, 4.69) is 9.97 Å². The first-order chi connectivity index (χ1) is 9.56. The number of nitro benzene ring substituents is 1. The quantitative estimate of drug-likeness (QED) is 0.424. The highest BCUT2D eigenvalue weighted by Gasteiger charge is 2.16. The fourth-order valence-electron chi connectivity index (χ4n) is 2.18. The first-order valence-electron chi connectivity index (χ1n) is 6.06. The van der Waals surface area contributed by atoms with E-state index in [-0.39, 0.29) is 5.69 Å². The van der Waals surface area contributed by atoms with Gasteiger partial charge in [-0.3, -0.25) is 10.1 Å². The second-order valence-corrected chi connectivity index (χ2v) is 4.57. The zero-order valence-electron chi connectivity index (χ0n) is 10.8. The average molecular weight is 268 g/mol. The Morgan fingerprint density at radius 3 is 2.55 bits per heavy atom.